The van der Waals surface area contributed by atoms with Gasteiger partial charge in [0.1, 0.15) is 24.0 Å². The molecule has 2 nitrogen and oxygen atoms in total. The van der Waals surface area contributed by atoms with Crippen molar-refractivity contribution in [2.75, 3.05) is 0 Å². The van der Waals surface area contributed by atoms with Gasteiger partial charge >= 0.3 is 0 Å². The van der Waals surface area contributed by atoms with Gasteiger partial charge in [0.15, 0.2) is 0 Å². The monoisotopic (exact) mass is 283 g/mol. The molecule has 100 valence electrons. The highest BCUT2D eigenvalue weighted by Crippen LogP contribution is 2.22. The smallest absolute Gasteiger partial charge is 0.142 e. The quantitative estimate of drug-likeness (QED) is 0.929. The molecular weight excluding hydrogens is 272 g/mol. The third kappa shape index (κ3) is 3.43. The predicted molar refractivity (Wildman–Crippen MR) is 70.0 cm³/mol. The maximum atomic E-state index is 13.7. The van der Waals surface area contributed by atoms with E-state index in [1.54, 1.807) is 12.1 Å². The van der Waals surface area contributed by atoms with Crippen LogP contribution >= 0.6 is 11.6 Å². The lowest BCUT2D eigenvalue weighted by Gasteiger charge is -2.08. The maximum absolute atomic E-state index is 13.7. The Labute approximate surface area is 114 Å². The van der Waals surface area contributed by atoms with Gasteiger partial charge in [0.2, 0.25) is 0 Å². The molecule has 5 heteroatoms. The second-order valence-corrected chi connectivity index (χ2v) is 4.40. The lowest BCUT2D eigenvalue weighted by molar-refractivity contribution is 0.299. The molecule has 0 spiro atoms. The molecule has 0 radical (unpaired) electrons. The number of rotatable bonds is 4. The molecule has 19 heavy (non-hydrogen) atoms. The summed E-state index contributed by atoms with van der Waals surface area (Å²) in [5.41, 5.74) is 6.53. The minimum absolute atomic E-state index is 0.0311. The molecule has 0 saturated carbocycles. The van der Waals surface area contributed by atoms with Gasteiger partial charge in [-0.15, -0.1) is 0 Å². The summed E-state index contributed by atoms with van der Waals surface area (Å²) in [4.78, 5) is 0. The van der Waals surface area contributed by atoms with Crippen LogP contribution in [0.5, 0.6) is 5.75 Å². The van der Waals surface area contributed by atoms with Crippen LogP contribution in [0.2, 0.25) is 5.02 Å². The maximum Gasteiger partial charge on any atom is 0.142 e. The van der Waals surface area contributed by atoms with E-state index in [0.717, 1.165) is 0 Å². The fourth-order valence-electron chi connectivity index (χ4n) is 1.56. The van der Waals surface area contributed by atoms with E-state index < -0.39 is 5.82 Å². The zero-order chi connectivity index (χ0) is 13.8. The number of benzene rings is 2. The molecule has 0 aliphatic carbocycles. The first-order valence-corrected chi connectivity index (χ1v) is 6.03. The Kier molecular flexibility index (Phi) is 4.35. The highest BCUT2D eigenvalue weighted by Gasteiger charge is 2.06. The largest absolute Gasteiger partial charge is 0.489 e. The van der Waals surface area contributed by atoms with Crippen molar-refractivity contribution >= 4 is 11.6 Å². The highest BCUT2D eigenvalue weighted by molar-refractivity contribution is 6.30. The second-order valence-electron chi connectivity index (χ2n) is 3.99. The molecule has 2 rings (SSSR count). The highest BCUT2D eigenvalue weighted by atomic mass is 35.5. The van der Waals surface area contributed by atoms with Crippen LogP contribution in [0.15, 0.2) is 36.4 Å². The van der Waals surface area contributed by atoms with Crippen molar-refractivity contribution in [3.63, 3.8) is 0 Å². The summed E-state index contributed by atoms with van der Waals surface area (Å²) in [5, 5.41) is -0.0311. The van der Waals surface area contributed by atoms with Gasteiger partial charge in [-0.2, -0.15) is 0 Å². The van der Waals surface area contributed by atoms with E-state index in [-0.39, 0.29) is 24.0 Å². The van der Waals surface area contributed by atoms with Gasteiger partial charge in [-0.1, -0.05) is 23.7 Å². The van der Waals surface area contributed by atoms with Gasteiger partial charge in [0.05, 0.1) is 5.02 Å². The van der Waals surface area contributed by atoms with E-state index in [9.17, 15) is 8.78 Å². The lowest BCUT2D eigenvalue weighted by Crippen LogP contribution is -2.02. The van der Waals surface area contributed by atoms with Crippen LogP contribution in [0, 0.1) is 11.6 Å². The molecule has 0 aromatic heterocycles. The molecule has 0 fully saturated rings. The molecule has 0 unspecified atom stereocenters. The van der Waals surface area contributed by atoms with Crippen LogP contribution in [-0.2, 0) is 13.2 Å². The average molecular weight is 284 g/mol. The van der Waals surface area contributed by atoms with Gasteiger partial charge in [-0.25, -0.2) is 8.78 Å². The molecule has 0 aliphatic rings. The van der Waals surface area contributed by atoms with Crippen LogP contribution in [-0.4, -0.2) is 0 Å². The molecule has 0 atom stereocenters. The van der Waals surface area contributed by atoms with Crippen molar-refractivity contribution in [2.45, 2.75) is 13.2 Å². The number of ether oxygens (including phenoxy) is 1. The molecule has 0 amide bonds. The van der Waals surface area contributed by atoms with E-state index in [4.69, 9.17) is 22.1 Å². The Bertz CT molecular complexity index is 590. The summed E-state index contributed by atoms with van der Waals surface area (Å²) in [6.07, 6.45) is 0. The standard InChI is InChI=1S/C14H12ClF2NO/c15-12-6-11(3-4-13(12)16)19-8-10-2-1-9(7-18)5-14(10)17/h1-6H,7-8,18H2. The molecule has 2 N–H and O–H groups in total. The Morgan fingerprint density at radius 3 is 2.47 bits per heavy atom. The average Bonchev–Trinajstić information content (AvgIpc) is 2.41. The van der Waals surface area contributed by atoms with Crippen molar-refractivity contribution in [3.8, 4) is 5.75 Å². The summed E-state index contributed by atoms with van der Waals surface area (Å²) in [5.74, 6) is -0.516. The molecule has 0 heterocycles. The van der Waals surface area contributed by atoms with Crippen LogP contribution in [0.1, 0.15) is 11.1 Å². The first-order chi connectivity index (χ1) is 9.10. The normalized spacial score (nSPS) is 10.5. The summed E-state index contributed by atoms with van der Waals surface area (Å²) < 4.78 is 32.0. The van der Waals surface area contributed by atoms with Gasteiger partial charge < -0.3 is 10.5 Å². The second kappa shape index (κ2) is 5.99. The van der Waals surface area contributed by atoms with Crippen LogP contribution < -0.4 is 10.5 Å². The molecule has 2 aromatic rings. The van der Waals surface area contributed by atoms with Gasteiger partial charge in [0.25, 0.3) is 0 Å². The zero-order valence-corrected chi connectivity index (χ0v) is 10.8. The summed E-state index contributed by atoms with van der Waals surface area (Å²) >= 11 is 5.62. The Morgan fingerprint density at radius 2 is 1.84 bits per heavy atom. The van der Waals surface area contributed by atoms with Gasteiger partial charge in [0, 0.05) is 18.2 Å². The Hall–Kier alpha value is -1.65. The first-order valence-electron chi connectivity index (χ1n) is 5.65. The first kappa shape index (κ1) is 13.8. The minimum atomic E-state index is -0.521. The van der Waals surface area contributed by atoms with Crippen LogP contribution in [0.25, 0.3) is 0 Å². The summed E-state index contributed by atoms with van der Waals surface area (Å²) in [6.45, 7) is 0.324. The number of hydrogen-bond donors (Lipinski definition) is 1. The van der Waals surface area contributed by atoms with Crippen molar-refractivity contribution in [1.29, 1.82) is 0 Å². The number of hydrogen-bond acceptors (Lipinski definition) is 2. The van der Waals surface area contributed by atoms with Crippen LogP contribution in [0.4, 0.5) is 8.78 Å². The van der Waals surface area contributed by atoms with Crippen molar-refractivity contribution in [3.05, 3.63) is 64.2 Å². The molecule has 0 aliphatic heterocycles. The fraction of sp³-hybridized carbons (Fsp3) is 0.143. The van der Waals surface area contributed by atoms with E-state index in [0.29, 0.717) is 16.9 Å². The molecule has 2 aromatic carbocycles. The predicted octanol–water partition coefficient (Wildman–Crippen LogP) is 3.66. The number of halogens is 3. The van der Waals surface area contributed by atoms with Crippen molar-refractivity contribution in [2.24, 2.45) is 5.73 Å². The van der Waals surface area contributed by atoms with E-state index in [1.807, 2.05) is 0 Å². The van der Waals surface area contributed by atoms with E-state index in [1.165, 1.54) is 24.3 Å². The Balaban J connectivity index is 2.07. The third-order valence-electron chi connectivity index (χ3n) is 2.64. The summed E-state index contributed by atoms with van der Waals surface area (Å²) in [6, 6.07) is 8.71. The van der Waals surface area contributed by atoms with Crippen molar-refractivity contribution in [1.82, 2.24) is 0 Å². The van der Waals surface area contributed by atoms with Crippen molar-refractivity contribution < 1.29 is 13.5 Å². The molecular formula is C14H12ClF2NO. The van der Waals surface area contributed by atoms with E-state index in [2.05, 4.69) is 0 Å². The van der Waals surface area contributed by atoms with Gasteiger partial charge in [-0.05, 0) is 23.8 Å². The topological polar surface area (TPSA) is 35.2 Å². The SMILES string of the molecule is NCc1ccc(COc2ccc(F)c(Cl)c2)c(F)c1. The lowest BCUT2D eigenvalue weighted by atomic mass is 10.1. The summed E-state index contributed by atoms with van der Waals surface area (Å²) in [7, 11) is 0. The van der Waals surface area contributed by atoms with Gasteiger partial charge in [-0.3, -0.25) is 0 Å². The zero-order valence-electron chi connectivity index (χ0n) is 10.00. The Morgan fingerprint density at radius 1 is 1.05 bits per heavy atom. The van der Waals surface area contributed by atoms with Crippen LogP contribution in [0.3, 0.4) is 0 Å². The van der Waals surface area contributed by atoms with E-state index >= 15 is 0 Å². The molecule has 0 saturated heterocycles. The minimum Gasteiger partial charge on any atom is -0.489 e. The number of nitrogens with two attached hydrogens (primary N) is 1. The fourth-order valence-corrected chi connectivity index (χ4v) is 1.73. The third-order valence-corrected chi connectivity index (χ3v) is 2.93. The molecule has 0 bridgehead atoms.